The molecule has 0 spiro atoms. The lowest BCUT2D eigenvalue weighted by atomic mass is 10.2. The predicted octanol–water partition coefficient (Wildman–Crippen LogP) is 4.06. The Hall–Kier alpha value is -2.11. The zero-order valence-electron chi connectivity index (χ0n) is 12.7. The molecule has 2 N–H and O–H groups in total. The summed E-state index contributed by atoms with van der Waals surface area (Å²) < 4.78 is 10.4. The Labute approximate surface area is 144 Å². The van der Waals surface area contributed by atoms with Crippen LogP contribution in [0.5, 0.6) is 11.5 Å². The Bertz CT molecular complexity index is 708. The fourth-order valence-corrected chi connectivity index (χ4v) is 2.29. The molecule has 122 valence electrons. The molecule has 0 unspecified atom stereocenters. The minimum Gasteiger partial charge on any atom is -0.497 e. The Balaban J connectivity index is 2.03. The van der Waals surface area contributed by atoms with Crippen LogP contribution in [-0.4, -0.2) is 26.7 Å². The Morgan fingerprint density at radius 1 is 1.09 bits per heavy atom. The number of ether oxygens (including phenoxy) is 2. The number of carbonyl (C=O) groups excluding carboxylic acids is 1. The van der Waals surface area contributed by atoms with Crippen molar-refractivity contribution in [1.29, 1.82) is 0 Å². The minimum atomic E-state index is -0.257. The smallest absolute Gasteiger partial charge is 0.243 e. The number of benzene rings is 2. The molecule has 23 heavy (non-hydrogen) atoms. The van der Waals surface area contributed by atoms with Gasteiger partial charge in [0.15, 0.2) is 0 Å². The van der Waals surface area contributed by atoms with Crippen LogP contribution in [0, 0.1) is 0 Å². The van der Waals surface area contributed by atoms with Gasteiger partial charge in [0.05, 0.1) is 42.2 Å². The van der Waals surface area contributed by atoms with E-state index < -0.39 is 0 Å². The van der Waals surface area contributed by atoms with Crippen LogP contribution in [-0.2, 0) is 4.79 Å². The number of hydrogen-bond acceptors (Lipinski definition) is 4. The molecule has 0 atom stereocenters. The molecule has 0 saturated heterocycles. The van der Waals surface area contributed by atoms with Gasteiger partial charge in [-0.15, -0.1) is 0 Å². The summed E-state index contributed by atoms with van der Waals surface area (Å²) in [5.74, 6) is 0.902. The van der Waals surface area contributed by atoms with Crippen molar-refractivity contribution < 1.29 is 14.3 Å². The van der Waals surface area contributed by atoms with Crippen LogP contribution < -0.4 is 20.1 Å². The van der Waals surface area contributed by atoms with E-state index >= 15 is 0 Å². The summed E-state index contributed by atoms with van der Waals surface area (Å²) >= 11 is 12.0. The van der Waals surface area contributed by atoms with Crippen molar-refractivity contribution in [2.45, 2.75) is 0 Å². The largest absolute Gasteiger partial charge is 0.497 e. The zero-order valence-corrected chi connectivity index (χ0v) is 14.2. The minimum absolute atomic E-state index is 0.0282. The van der Waals surface area contributed by atoms with Gasteiger partial charge in [-0.3, -0.25) is 4.79 Å². The van der Waals surface area contributed by atoms with Crippen molar-refractivity contribution in [3.63, 3.8) is 0 Å². The van der Waals surface area contributed by atoms with E-state index in [4.69, 9.17) is 32.7 Å². The number of carbonyl (C=O) groups is 1. The number of amides is 1. The van der Waals surface area contributed by atoms with E-state index in [1.165, 1.54) is 7.11 Å². The average molecular weight is 355 g/mol. The van der Waals surface area contributed by atoms with Crippen molar-refractivity contribution in [1.82, 2.24) is 0 Å². The summed E-state index contributed by atoms with van der Waals surface area (Å²) in [5, 5.41) is 6.50. The third kappa shape index (κ3) is 4.43. The number of rotatable bonds is 6. The first kappa shape index (κ1) is 17.2. The van der Waals surface area contributed by atoms with E-state index in [1.807, 2.05) is 0 Å². The number of methoxy groups -OCH3 is 2. The summed E-state index contributed by atoms with van der Waals surface area (Å²) in [7, 11) is 3.08. The molecule has 0 fully saturated rings. The molecule has 2 aromatic rings. The van der Waals surface area contributed by atoms with Crippen LogP contribution in [0.25, 0.3) is 0 Å². The molecule has 7 heteroatoms. The Morgan fingerprint density at radius 3 is 2.57 bits per heavy atom. The molecule has 1 amide bonds. The highest BCUT2D eigenvalue weighted by Gasteiger charge is 2.10. The summed E-state index contributed by atoms with van der Waals surface area (Å²) in [6, 6.07) is 10.3. The molecule has 0 aromatic heterocycles. The monoisotopic (exact) mass is 354 g/mol. The number of halogens is 2. The van der Waals surface area contributed by atoms with Crippen molar-refractivity contribution in [3.05, 3.63) is 46.4 Å². The second-order valence-corrected chi connectivity index (χ2v) is 5.35. The molecule has 2 rings (SSSR count). The summed E-state index contributed by atoms with van der Waals surface area (Å²) in [6.45, 7) is 0.0282. The first-order valence-corrected chi connectivity index (χ1v) is 7.50. The van der Waals surface area contributed by atoms with E-state index in [2.05, 4.69) is 10.6 Å². The first-order chi connectivity index (χ1) is 11.0. The second-order valence-electron chi connectivity index (χ2n) is 4.57. The highest BCUT2D eigenvalue weighted by atomic mass is 35.5. The maximum atomic E-state index is 12.1. The summed E-state index contributed by atoms with van der Waals surface area (Å²) in [4.78, 5) is 12.1. The topological polar surface area (TPSA) is 59.6 Å². The molecule has 0 heterocycles. The van der Waals surface area contributed by atoms with Gasteiger partial charge >= 0.3 is 0 Å². The van der Waals surface area contributed by atoms with Gasteiger partial charge in [0.2, 0.25) is 5.91 Å². The van der Waals surface area contributed by atoms with Gasteiger partial charge in [-0.2, -0.15) is 0 Å². The van der Waals surface area contributed by atoms with Crippen molar-refractivity contribution >= 4 is 40.5 Å². The molecular formula is C16H16Cl2N2O3. The molecule has 2 aromatic carbocycles. The average Bonchev–Trinajstić information content (AvgIpc) is 2.56. The predicted molar refractivity (Wildman–Crippen MR) is 93.1 cm³/mol. The van der Waals surface area contributed by atoms with Crippen LogP contribution in [0.15, 0.2) is 36.4 Å². The lowest BCUT2D eigenvalue weighted by molar-refractivity contribution is -0.114. The lowest BCUT2D eigenvalue weighted by Gasteiger charge is -2.13. The van der Waals surface area contributed by atoms with Gasteiger partial charge in [-0.05, 0) is 24.3 Å². The number of anilines is 2. The van der Waals surface area contributed by atoms with E-state index in [1.54, 1.807) is 43.5 Å². The second kappa shape index (κ2) is 7.94. The standard InChI is InChI=1S/C16H16Cl2N2O3/c1-22-10-6-7-14(23-2)13(8-10)20-15(21)9-19-12-5-3-4-11(17)16(12)18/h3-8,19H,9H2,1-2H3,(H,20,21). The van der Waals surface area contributed by atoms with E-state index in [-0.39, 0.29) is 12.5 Å². The van der Waals surface area contributed by atoms with Gasteiger partial charge in [0, 0.05) is 6.07 Å². The fourth-order valence-electron chi connectivity index (χ4n) is 1.92. The molecule has 0 saturated carbocycles. The highest BCUT2D eigenvalue weighted by Crippen LogP contribution is 2.30. The Kier molecular flexibility index (Phi) is 5.96. The van der Waals surface area contributed by atoms with Crippen LogP contribution in [0.4, 0.5) is 11.4 Å². The Morgan fingerprint density at radius 2 is 1.87 bits per heavy atom. The van der Waals surface area contributed by atoms with Gasteiger partial charge in [-0.25, -0.2) is 0 Å². The zero-order chi connectivity index (χ0) is 16.8. The van der Waals surface area contributed by atoms with Crippen molar-refractivity contribution in [3.8, 4) is 11.5 Å². The lowest BCUT2D eigenvalue weighted by Crippen LogP contribution is -2.22. The van der Waals surface area contributed by atoms with Crippen LogP contribution >= 0.6 is 23.2 Å². The number of nitrogens with one attached hydrogen (secondary N) is 2. The van der Waals surface area contributed by atoms with E-state index in [0.717, 1.165) is 0 Å². The third-order valence-corrected chi connectivity index (χ3v) is 3.89. The van der Waals surface area contributed by atoms with Gasteiger partial charge in [0.1, 0.15) is 11.5 Å². The molecule has 0 radical (unpaired) electrons. The molecule has 0 aliphatic rings. The molecule has 0 aliphatic heterocycles. The van der Waals surface area contributed by atoms with Crippen molar-refractivity contribution in [2.24, 2.45) is 0 Å². The molecular weight excluding hydrogens is 339 g/mol. The van der Waals surface area contributed by atoms with Crippen LogP contribution in [0.1, 0.15) is 0 Å². The fraction of sp³-hybridized carbons (Fsp3) is 0.188. The highest BCUT2D eigenvalue weighted by molar-refractivity contribution is 6.43. The maximum absolute atomic E-state index is 12.1. The maximum Gasteiger partial charge on any atom is 0.243 e. The summed E-state index contributed by atoms with van der Waals surface area (Å²) in [5.41, 5.74) is 1.11. The van der Waals surface area contributed by atoms with Gasteiger partial charge < -0.3 is 20.1 Å². The van der Waals surface area contributed by atoms with E-state index in [0.29, 0.717) is 32.9 Å². The molecule has 5 nitrogen and oxygen atoms in total. The molecule has 0 bridgehead atoms. The van der Waals surface area contributed by atoms with E-state index in [9.17, 15) is 4.79 Å². The quantitative estimate of drug-likeness (QED) is 0.820. The number of hydrogen-bond donors (Lipinski definition) is 2. The van der Waals surface area contributed by atoms with Gasteiger partial charge in [-0.1, -0.05) is 29.3 Å². The summed E-state index contributed by atoms with van der Waals surface area (Å²) in [6.07, 6.45) is 0. The SMILES string of the molecule is COc1ccc(OC)c(NC(=O)CNc2cccc(Cl)c2Cl)c1. The normalized spacial score (nSPS) is 10.1. The van der Waals surface area contributed by atoms with Crippen LogP contribution in [0.3, 0.4) is 0 Å². The third-order valence-electron chi connectivity index (χ3n) is 3.07. The molecule has 0 aliphatic carbocycles. The van der Waals surface area contributed by atoms with Gasteiger partial charge in [0.25, 0.3) is 0 Å². The first-order valence-electron chi connectivity index (χ1n) is 6.75. The van der Waals surface area contributed by atoms with Crippen molar-refractivity contribution in [2.75, 3.05) is 31.4 Å². The van der Waals surface area contributed by atoms with Crippen LogP contribution in [0.2, 0.25) is 10.0 Å².